The number of amides is 1. The van der Waals surface area contributed by atoms with E-state index in [4.69, 9.17) is 0 Å². The van der Waals surface area contributed by atoms with E-state index in [0.29, 0.717) is 22.9 Å². The molecule has 1 saturated carbocycles. The molecule has 156 valence electrons. The van der Waals surface area contributed by atoms with Crippen LogP contribution in [0.2, 0.25) is 0 Å². The van der Waals surface area contributed by atoms with Gasteiger partial charge in [0.1, 0.15) is 11.6 Å². The zero-order valence-corrected chi connectivity index (χ0v) is 16.5. The highest BCUT2D eigenvalue weighted by atomic mass is 19.1. The minimum Gasteiger partial charge on any atom is -0.315 e. The number of fused-ring (bicyclic) bond motifs is 1. The summed E-state index contributed by atoms with van der Waals surface area (Å²) in [6.07, 6.45) is 1.75. The lowest BCUT2D eigenvalue weighted by molar-refractivity contribution is -0.117. The van der Waals surface area contributed by atoms with Crippen molar-refractivity contribution in [2.75, 3.05) is 25.5 Å². The molecule has 5 rings (SSSR count). The van der Waals surface area contributed by atoms with Gasteiger partial charge in [-0.1, -0.05) is 6.07 Å². The van der Waals surface area contributed by atoms with Gasteiger partial charge >= 0.3 is 0 Å². The molecule has 0 spiro atoms. The Balaban J connectivity index is 1.43. The summed E-state index contributed by atoms with van der Waals surface area (Å²) >= 11 is 0. The van der Waals surface area contributed by atoms with E-state index < -0.39 is 11.6 Å². The Morgan fingerprint density at radius 3 is 2.60 bits per heavy atom. The van der Waals surface area contributed by atoms with Gasteiger partial charge < -0.3 is 5.32 Å². The van der Waals surface area contributed by atoms with Crippen molar-refractivity contribution in [3.05, 3.63) is 47.5 Å². The van der Waals surface area contributed by atoms with Crippen LogP contribution < -0.4 is 10.6 Å². The molecule has 1 amide bonds. The van der Waals surface area contributed by atoms with E-state index in [1.165, 1.54) is 16.6 Å². The number of rotatable bonds is 6. The third-order valence-electron chi connectivity index (χ3n) is 5.73. The summed E-state index contributed by atoms with van der Waals surface area (Å²) in [5, 5.41) is 10.2. The van der Waals surface area contributed by atoms with E-state index >= 15 is 0 Å². The standard InChI is InChI=1S/C21H22F2N6O/c1-24-14-9-28(10-14)11-15-16(22)7-13(8-17(15)23)18-3-2-4-19-25-21(27-29(18)19)26-20(30)12-5-6-12/h2-4,7-8,12,14,24H,5-6,9-11H2,1H3,(H,26,27,30). The summed E-state index contributed by atoms with van der Waals surface area (Å²) in [5.41, 5.74) is 1.41. The van der Waals surface area contributed by atoms with Gasteiger partial charge in [-0.25, -0.2) is 13.3 Å². The Morgan fingerprint density at radius 1 is 1.20 bits per heavy atom. The largest absolute Gasteiger partial charge is 0.315 e. The second-order valence-corrected chi connectivity index (χ2v) is 7.98. The van der Waals surface area contributed by atoms with Gasteiger partial charge in [0.2, 0.25) is 11.9 Å². The molecule has 3 heterocycles. The van der Waals surface area contributed by atoms with Crippen LogP contribution >= 0.6 is 0 Å². The zero-order valence-electron chi connectivity index (χ0n) is 16.5. The van der Waals surface area contributed by atoms with Crippen LogP contribution in [0.3, 0.4) is 0 Å². The summed E-state index contributed by atoms with van der Waals surface area (Å²) in [6.45, 7) is 1.77. The summed E-state index contributed by atoms with van der Waals surface area (Å²) in [4.78, 5) is 18.3. The number of aromatic nitrogens is 3. The summed E-state index contributed by atoms with van der Waals surface area (Å²) in [6, 6.07) is 8.21. The third kappa shape index (κ3) is 3.54. The number of likely N-dealkylation sites (N-methyl/N-ethyl adjacent to an activating group) is 1. The summed E-state index contributed by atoms with van der Waals surface area (Å²) in [5.74, 6) is -1.05. The number of nitrogens with zero attached hydrogens (tertiary/aromatic N) is 4. The minimum absolute atomic E-state index is 0.0293. The van der Waals surface area contributed by atoms with Crippen LogP contribution in [0.15, 0.2) is 30.3 Å². The Bertz CT molecular complexity index is 1100. The molecular formula is C21H22F2N6O. The molecule has 1 aliphatic carbocycles. The predicted octanol–water partition coefficient (Wildman–Crippen LogP) is 2.43. The zero-order chi connectivity index (χ0) is 20.8. The highest BCUT2D eigenvalue weighted by molar-refractivity contribution is 5.92. The lowest BCUT2D eigenvalue weighted by atomic mass is 10.0. The molecule has 2 fully saturated rings. The fraction of sp³-hybridized carbons (Fsp3) is 0.381. The second kappa shape index (κ2) is 7.41. The number of nitrogens with one attached hydrogen (secondary N) is 2. The molecule has 0 atom stereocenters. The molecule has 2 N–H and O–H groups in total. The normalized spacial score (nSPS) is 17.3. The van der Waals surface area contributed by atoms with E-state index in [-0.39, 0.29) is 29.9 Å². The number of hydrogen-bond acceptors (Lipinski definition) is 5. The highest BCUT2D eigenvalue weighted by Gasteiger charge is 2.30. The van der Waals surface area contributed by atoms with E-state index in [9.17, 15) is 13.6 Å². The monoisotopic (exact) mass is 412 g/mol. The lowest BCUT2D eigenvalue weighted by Gasteiger charge is -2.39. The SMILES string of the molecule is CNC1CN(Cc2c(F)cc(-c3cccc4nc(NC(=O)C5CC5)nn34)cc2F)C1. The third-order valence-corrected chi connectivity index (χ3v) is 5.73. The lowest BCUT2D eigenvalue weighted by Crippen LogP contribution is -2.56. The van der Waals surface area contributed by atoms with Crippen molar-refractivity contribution >= 4 is 17.5 Å². The molecule has 1 saturated heterocycles. The van der Waals surface area contributed by atoms with Crippen molar-refractivity contribution < 1.29 is 13.6 Å². The van der Waals surface area contributed by atoms with E-state index in [1.807, 2.05) is 11.9 Å². The Kier molecular flexibility index (Phi) is 4.71. The summed E-state index contributed by atoms with van der Waals surface area (Å²) in [7, 11) is 1.88. The first-order chi connectivity index (χ1) is 14.5. The minimum atomic E-state index is -0.586. The number of pyridine rings is 1. The van der Waals surface area contributed by atoms with E-state index in [2.05, 4.69) is 20.7 Å². The Morgan fingerprint density at radius 2 is 1.93 bits per heavy atom. The quantitative estimate of drug-likeness (QED) is 0.651. The molecule has 7 nitrogen and oxygen atoms in total. The average Bonchev–Trinajstić information content (AvgIpc) is 3.45. The molecule has 2 aromatic heterocycles. The van der Waals surface area contributed by atoms with Gasteiger partial charge in [0.15, 0.2) is 5.65 Å². The first-order valence-electron chi connectivity index (χ1n) is 10.1. The van der Waals surface area contributed by atoms with Gasteiger partial charge in [0.05, 0.1) is 5.69 Å². The van der Waals surface area contributed by atoms with Gasteiger partial charge in [-0.15, -0.1) is 5.10 Å². The van der Waals surface area contributed by atoms with Crippen molar-refractivity contribution in [1.29, 1.82) is 0 Å². The van der Waals surface area contributed by atoms with Crippen LogP contribution in [0, 0.1) is 17.6 Å². The van der Waals surface area contributed by atoms with E-state index in [0.717, 1.165) is 25.9 Å². The topological polar surface area (TPSA) is 74.6 Å². The fourth-order valence-corrected chi connectivity index (χ4v) is 3.74. The van der Waals surface area contributed by atoms with Crippen LogP contribution in [0.25, 0.3) is 16.9 Å². The molecule has 30 heavy (non-hydrogen) atoms. The molecule has 0 radical (unpaired) electrons. The number of anilines is 1. The van der Waals surface area contributed by atoms with Crippen LogP contribution in [-0.4, -0.2) is 51.6 Å². The Labute approximate surface area is 172 Å². The first kappa shape index (κ1) is 19.1. The number of hydrogen-bond donors (Lipinski definition) is 2. The first-order valence-corrected chi connectivity index (χ1v) is 10.1. The molecule has 0 unspecified atom stereocenters. The van der Waals surface area contributed by atoms with Crippen molar-refractivity contribution in [2.24, 2.45) is 5.92 Å². The Hall–Kier alpha value is -2.91. The van der Waals surface area contributed by atoms with Crippen LogP contribution in [0.5, 0.6) is 0 Å². The van der Waals surface area contributed by atoms with Gasteiger partial charge in [-0.05, 0) is 44.2 Å². The fourth-order valence-electron chi connectivity index (χ4n) is 3.74. The van der Waals surface area contributed by atoms with Crippen LogP contribution in [0.4, 0.5) is 14.7 Å². The van der Waals surface area contributed by atoms with Crippen LogP contribution in [0.1, 0.15) is 18.4 Å². The van der Waals surface area contributed by atoms with Crippen molar-refractivity contribution in [2.45, 2.75) is 25.4 Å². The summed E-state index contributed by atoms with van der Waals surface area (Å²) < 4.78 is 31.1. The maximum atomic E-state index is 14.8. The molecule has 3 aromatic rings. The number of halogens is 2. The molecule has 0 bridgehead atoms. The second-order valence-electron chi connectivity index (χ2n) is 7.98. The van der Waals surface area contributed by atoms with Gasteiger partial charge in [-0.2, -0.15) is 4.98 Å². The van der Waals surface area contributed by atoms with Gasteiger partial charge in [-0.3, -0.25) is 15.0 Å². The van der Waals surface area contributed by atoms with Gasteiger partial charge in [0.25, 0.3) is 0 Å². The number of carbonyl (C=O) groups is 1. The predicted molar refractivity (Wildman–Crippen MR) is 108 cm³/mol. The number of carbonyl (C=O) groups excluding carboxylic acids is 1. The molecule has 1 aliphatic heterocycles. The van der Waals surface area contributed by atoms with Crippen molar-refractivity contribution in [1.82, 2.24) is 24.8 Å². The van der Waals surface area contributed by atoms with E-state index in [1.54, 1.807) is 18.2 Å². The van der Waals surface area contributed by atoms with Crippen molar-refractivity contribution in [3.63, 3.8) is 0 Å². The maximum Gasteiger partial charge on any atom is 0.249 e. The van der Waals surface area contributed by atoms with Gasteiger partial charge in [0, 0.05) is 42.7 Å². The smallest absolute Gasteiger partial charge is 0.249 e. The average molecular weight is 412 g/mol. The number of benzene rings is 1. The van der Waals surface area contributed by atoms with Crippen LogP contribution in [-0.2, 0) is 11.3 Å². The molecule has 1 aromatic carbocycles. The maximum absolute atomic E-state index is 14.8. The van der Waals surface area contributed by atoms with Crippen molar-refractivity contribution in [3.8, 4) is 11.3 Å². The highest BCUT2D eigenvalue weighted by Crippen LogP contribution is 2.30. The number of likely N-dealkylation sites (tertiary alicyclic amines) is 1. The molecular weight excluding hydrogens is 390 g/mol. The molecule has 9 heteroatoms. The molecule has 2 aliphatic rings.